The Balaban J connectivity index is 1.77. The molecule has 0 N–H and O–H groups in total. The first kappa shape index (κ1) is 16.0. The van der Waals surface area contributed by atoms with E-state index in [0.29, 0.717) is 18.8 Å². The van der Waals surface area contributed by atoms with Crippen LogP contribution in [0, 0.1) is 5.41 Å². The second kappa shape index (κ2) is 5.96. The van der Waals surface area contributed by atoms with Crippen molar-refractivity contribution in [3.05, 3.63) is 35.4 Å². The summed E-state index contributed by atoms with van der Waals surface area (Å²) in [5, 5.41) is 0. The van der Waals surface area contributed by atoms with E-state index in [1.165, 1.54) is 14.0 Å². The van der Waals surface area contributed by atoms with Crippen LogP contribution in [-0.2, 0) is 24.6 Å². The van der Waals surface area contributed by atoms with Gasteiger partial charge in [-0.1, -0.05) is 12.1 Å². The van der Waals surface area contributed by atoms with Gasteiger partial charge in [0.2, 0.25) is 0 Å². The molecule has 0 spiro atoms. The first-order valence-electron chi connectivity index (χ1n) is 7.95. The van der Waals surface area contributed by atoms with Crippen LogP contribution >= 0.6 is 0 Å². The van der Waals surface area contributed by atoms with Gasteiger partial charge in [0.05, 0.1) is 31.5 Å². The molecule has 2 heterocycles. The van der Waals surface area contributed by atoms with Gasteiger partial charge in [0.1, 0.15) is 0 Å². The van der Waals surface area contributed by atoms with Crippen LogP contribution in [0.25, 0.3) is 0 Å². The van der Waals surface area contributed by atoms with Crippen molar-refractivity contribution in [1.29, 1.82) is 0 Å². The van der Waals surface area contributed by atoms with Crippen LogP contribution in [0.3, 0.4) is 0 Å². The third-order valence-corrected chi connectivity index (χ3v) is 5.16. The van der Waals surface area contributed by atoms with Crippen molar-refractivity contribution in [1.82, 2.24) is 0 Å². The number of esters is 2. The van der Waals surface area contributed by atoms with E-state index in [9.17, 15) is 9.59 Å². The highest BCUT2D eigenvalue weighted by Crippen LogP contribution is 2.53. The highest BCUT2D eigenvalue weighted by atomic mass is 16.5. The van der Waals surface area contributed by atoms with E-state index in [1.807, 2.05) is 18.2 Å². The summed E-state index contributed by atoms with van der Waals surface area (Å²) in [6.45, 7) is 2.45. The fraction of sp³-hybridized carbons (Fsp3) is 0.556. The van der Waals surface area contributed by atoms with Crippen molar-refractivity contribution < 1.29 is 23.8 Å². The second-order valence-corrected chi connectivity index (χ2v) is 6.64. The molecule has 0 amide bonds. The number of rotatable bonds is 4. The Hall–Kier alpha value is -1.88. The summed E-state index contributed by atoms with van der Waals surface area (Å²) in [5.41, 5.74) is 1.20. The minimum Gasteiger partial charge on any atom is -0.465 e. The predicted molar refractivity (Wildman–Crippen MR) is 82.9 cm³/mol. The van der Waals surface area contributed by atoms with Gasteiger partial charge < -0.3 is 14.2 Å². The quantitative estimate of drug-likeness (QED) is 0.799. The van der Waals surface area contributed by atoms with Gasteiger partial charge >= 0.3 is 11.9 Å². The summed E-state index contributed by atoms with van der Waals surface area (Å²) in [7, 11) is 1.38. The lowest BCUT2D eigenvalue weighted by Crippen LogP contribution is -2.51. The van der Waals surface area contributed by atoms with Gasteiger partial charge in [-0.3, -0.25) is 4.79 Å². The standard InChI is InChI=1S/C18H22O5/c1-13(19)22-11-17-6-8-18(9-7-17,23-12-17)15-5-3-4-14(10-15)16(20)21-2/h3-5,10H,6-9,11-12H2,1-2H3. The molecule has 0 aromatic heterocycles. The molecule has 124 valence electrons. The zero-order valence-corrected chi connectivity index (χ0v) is 13.6. The number of hydrogen-bond acceptors (Lipinski definition) is 5. The fourth-order valence-electron chi connectivity index (χ4n) is 3.62. The van der Waals surface area contributed by atoms with Crippen LogP contribution in [0.4, 0.5) is 0 Å². The molecule has 1 aromatic carbocycles. The van der Waals surface area contributed by atoms with E-state index >= 15 is 0 Å². The molecular formula is C18H22O5. The summed E-state index contributed by atoms with van der Waals surface area (Å²) in [6.07, 6.45) is 3.67. The van der Waals surface area contributed by atoms with Crippen molar-refractivity contribution in [2.75, 3.05) is 20.3 Å². The van der Waals surface area contributed by atoms with Crippen molar-refractivity contribution in [3.8, 4) is 0 Å². The minimum atomic E-state index is -0.334. The molecule has 2 saturated heterocycles. The number of carbonyl (C=O) groups excluding carboxylic acids is 2. The summed E-state index contributed by atoms with van der Waals surface area (Å²) in [5.74, 6) is -0.577. The van der Waals surface area contributed by atoms with E-state index in [2.05, 4.69) is 0 Å². The van der Waals surface area contributed by atoms with E-state index in [4.69, 9.17) is 14.2 Å². The normalized spacial score (nSPS) is 29.1. The summed E-state index contributed by atoms with van der Waals surface area (Å²) >= 11 is 0. The number of carbonyl (C=O) groups is 2. The molecule has 0 atom stereocenters. The Morgan fingerprint density at radius 1 is 1.22 bits per heavy atom. The lowest BCUT2D eigenvalue weighted by molar-refractivity contribution is -0.205. The van der Waals surface area contributed by atoms with Crippen LogP contribution in [0.2, 0.25) is 0 Å². The Morgan fingerprint density at radius 2 is 1.96 bits per heavy atom. The molecule has 1 aliphatic carbocycles. The van der Waals surface area contributed by atoms with Crippen LogP contribution in [0.5, 0.6) is 0 Å². The van der Waals surface area contributed by atoms with E-state index in [-0.39, 0.29) is 23.0 Å². The molecule has 5 nitrogen and oxygen atoms in total. The maximum absolute atomic E-state index is 11.7. The number of benzene rings is 1. The van der Waals surface area contributed by atoms with Gasteiger partial charge in [0, 0.05) is 12.3 Å². The smallest absolute Gasteiger partial charge is 0.337 e. The summed E-state index contributed by atoms with van der Waals surface area (Å²) in [6, 6.07) is 7.50. The molecule has 1 saturated carbocycles. The largest absolute Gasteiger partial charge is 0.465 e. The third kappa shape index (κ3) is 2.98. The lowest BCUT2D eigenvalue weighted by Gasteiger charge is -2.53. The molecule has 4 rings (SSSR count). The van der Waals surface area contributed by atoms with Crippen molar-refractivity contribution in [2.24, 2.45) is 5.41 Å². The maximum Gasteiger partial charge on any atom is 0.337 e. The topological polar surface area (TPSA) is 61.8 Å². The Morgan fingerprint density at radius 3 is 2.52 bits per heavy atom. The maximum atomic E-state index is 11.7. The molecule has 0 unspecified atom stereocenters. The average Bonchev–Trinajstić information content (AvgIpc) is 2.61. The molecule has 2 bridgehead atoms. The molecular weight excluding hydrogens is 296 g/mol. The highest BCUT2D eigenvalue weighted by molar-refractivity contribution is 5.89. The van der Waals surface area contributed by atoms with E-state index in [1.54, 1.807) is 6.07 Å². The van der Waals surface area contributed by atoms with Crippen LogP contribution < -0.4 is 0 Å². The van der Waals surface area contributed by atoms with E-state index < -0.39 is 0 Å². The van der Waals surface area contributed by atoms with Crippen molar-refractivity contribution in [3.63, 3.8) is 0 Å². The molecule has 1 aromatic rings. The number of fused-ring (bicyclic) bond motifs is 3. The fourth-order valence-corrected chi connectivity index (χ4v) is 3.62. The molecule has 0 radical (unpaired) electrons. The van der Waals surface area contributed by atoms with Gasteiger partial charge in [-0.2, -0.15) is 0 Å². The monoisotopic (exact) mass is 318 g/mol. The van der Waals surface area contributed by atoms with Crippen molar-refractivity contribution in [2.45, 2.75) is 38.2 Å². The van der Waals surface area contributed by atoms with Gasteiger partial charge in [0.25, 0.3) is 0 Å². The molecule has 3 aliphatic rings. The zero-order valence-electron chi connectivity index (χ0n) is 13.6. The van der Waals surface area contributed by atoms with Crippen LogP contribution in [0.1, 0.15) is 48.5 Å². The summed E-state index contributed by atoms with van der Waals surface area (Å²) in [4.78, 5) is 22.8. The average molecular weight is 318 g/mol. The van der Waals surface area contributed by atoms with Crippen LogP contribution in [0.15, 0.2) is 24.3 Å². The number of hydrogen-bond donors (Lipinski definition) is 0. The minimum absolute atomic E-state index is 0.0482. The Bertz CT molecular complexity index is 597. The second-order valence-electron chi connectivity index (χ2n) is 6.64. The highest BCUT2D eigenvalue weighted by Gasteiger charge is 2.51. The molecule has 3 fully saturated rings. The molecule has 23 heavy (non-hydrogen) atoms. The van der Waals surface area contributed by atoms with Gasteiger partial charge in [-0.25, -0.2) is 4.79 Å². The molecule has 2 aliphatic heterocycles. The van der Waals surface area contributed by atoms with Crippen LogP contribution in [-0.4, -0.2) is 32.3 Å². The van der Waals surface area contributed by atoms with Gasteiger partial charge in [0.15, 0.2) is 0 Å². The number of methoxy groups -OCH3 is 1. The predicted octanol–water partition coefficient (Wildman–Crippen LogP) is 2.82. The number of ether oxygens (including phenoxy) is 3. The molecule has 5 heteroatoms. The van der Waals surface area contributed by atoms with E-state index in [0.717, 1.165) is 31.2 Å². The summed E-state index contributed by atoms with van der Waals surface area (Å²) < 4.78 is 16.2. The third-order valence-electron chi connectivity index (χ3n) is 5.16. The SMILES string of the molecule is COC(=O)c1cccc(C23CCC(COC(C)=O)(CC2)CO3)c1. The Labute approximate surface area is 135 Å². The van der Waals surface area contributed by atoms with Crippen molar-refractivity contribution >= 4 is 11.9 Å². The zero-order chi connectivity index (χ0) is 16.5. The first-order chi connectivity index (χ1) is 11.0. The van der Waals surface area contributed by atoms with Gasteiger partial charge in [-0.15, -0.1) is 0 Å². The van der Waals surface area contributed by atoms with Gasteiger partial charge in [-0.05, 0) is 43.4 Å². The lowest BCUT2D eigenvalue weighted by atomic mass is 9.64. The Kier molecular flexibility index (Phi) is 4.15. The first-order valence-corrected chi connectivity index (χ1v) is 7.95.